The third-order valence-corrected chi connectivity index (χ3v) is 1.90. The Morgan fingerprint density at radius 2 is 2.07 bits per heavy atom. The molecule has 78 valence electrons. The molecule has 2 heterocycles. The zero-order chi connectivity index (χ0) is 10.8. The summed E-state index contributed by atoms with van der Waals surface area (Å²) in [5.41, 5.74) is 1.01. The van der Waals surface area contributed by atoms with Crippen LogP contribution in [-0.4, -0.2) is 20.0 Å². The van der Waals surface area contributed by atoms with Crippen molar-refractivity contribution in [3.8, 4) is 11.4 Å². The van der Waals surface area contributed by atoms with Crippen LogP contribution in [0.1, 0.15) is 12.0 Å². The second-order valence-corrected chi connectivity index (χ2v) is 3.05. The van der Waals surface area contributed by atoms with Crippen molar-refractivity contribution < 1.29 is 8.78 Å². The molecule has 0 atom stereocenters. The summed E-state index contributed by atoms with van der Waals surface area (Å²) in [5.74, 6) is 0. The summed E-state index contributed by atoms with van der Waals surface area (Å²) in [7, 11) is 1.73. The molecule has 0 aliphatic carbocycles. The smallest absolute Gasteiger partial charge is 0.255 e. The highest BCUT2D eigenvalue weighted by atomic mass is 19.3. The maximum atomic E-state index is 12.2. The number of alkyl halides is 2. The Morgan fingerprint density at radius 3 is 2.53 bits per heavy atom. The molecule has 0 aliphatic heterocycles. The van der Waals surface area contributed by atoms with E-state index in [1.807, 2.05) is 0 Å². The first-order valence-electron chi connectivity index (χ1n) is 4.27. The van der Waals surface area contributed by atoms with Crippen LogP contribution >= 0.6 is 0 Å². The number of halogens is 2. The van der Waals surface area contributed by atoms with E-state index in [0.717, 1.165) is 6.20 Å². The Labute approximate surface area is 84.6 Å². The summed E-state index contributed by atoms with van der Waals surface area (Å²) < 4.78 is 26.0. The summed E-state index contributed by atoms with van der Waals surface area (Å²) in [6, 6.07) is 2.84. The van der Waals surface area contributed by atoms with Gasteiger partial charge in [0, 0.05) is 18.8 Å². The Morgan fingerprint density at radius 1 is 1.27 bits per heavy atom. The largest absolute Gasteiger partial charge is 0.265 e. The van der Waals surface area contributed by atoms with E-state index in [2.05, 4.69) is 15.3 Å². The quantitative estimate of drug-likeness (QED) is 0.759. The van der Waals surface area contributed by atoms with Gasteiger partial charge in [-0.15, -0.1) is 5.10 Å². The van der Waals surface area contributed by atoms with Crippen LogP contribution in [0.5, 0.6) is 0 Å². The van der Waals surface area contributed by atoms with Crippen LogP contribution in [0, 0.1) is 0 Å². The molecule has 2 aromatic rings. The maximum absolute atomic E-state index is 12.2. The molecule has 0 saturated heterocycles. The average Bonchev–Trinajstić information content (AvgIpc) is 2.65. The minimum Gasteiger partial charge on any atom is -0.255 e. The van der Waals surface area contributed by atoms with Gasteiger partial charge in [0.15, 0.2) is 0 Å². The number of hydrogen-bond acceptors (Lipinski definition) is 3. The van der Waals surface area contributed by atoms with Crippen LogP contribution in [-0.2, 0) is 7.05 Å². The highest BCUT2D eigenvalue weighted by molar-refractivity contribution is 5.52. The van der Waals surface area contributed by atoms with Crippen molar-refractivity contribution in [1.29, 1.82) is 0 Å². The Bertz CT molecular complexity index is 449. The first kappa shape index (κ1) is 9.70. The van der Waals surface area contributed by atoms with E-state index in [9.17, 15) is 8.78 Å². The summed E-state index contributed by atoms with van der Waals surface area (Å²) in [5, 5.41) is 7.55. The predicted molar refractivity (Wildman–Crippen MR) is 49.2 cm³/mol. The van der Waals surface area contributed by atoms with Gasteiger partial charge in [0.1, 0.15) is 5.69 Å². The van der Waals surface area contributed by atoms with E-state index in [4.69, 9.17) is 0 Å². The van der Waals surface area contributed by atoms with E-state index in [0.29, 0.717) is 11.4 Å². The van der Waals surface area contributed by atoms with Crippen molar-refractivity contribution in [2.24, 2.45) is 7.05 Å². The molecular formula is C9H8F2N4. The number of nitrogens with zero attached hydrogens (tertiary/aromatic N) is 4. The molecule has 2 aromatic heterocycles. The molecule has 0 N–H and O–H groups in total. The van der Waals surface area contributed by atoms with E-state index in [-0.39, 0.29) is 5.56 Å². The molecule has 4 nitrogen and oxygen atoms in total. The predicted octanol–water partition coefficient (Wildman–Crippen LogP) is 1.81. The van der Waals surface area contributed by atoms with Crippen molar-refractivity contribution in [1.82, 2.24) is 20.0 Å². The summed E-state index contributed by atoms with van der Waals surface area (Å²) in [6.07, 6.45) is 0.326. The second kappa shape index (κ2) is 3.72. The van der Waals surface area contributed by atoms with Gasteiger partial charge in [0.05, 0.1) is 11.9 Å². The SMILES string of the molecule is Cn1cc(-c2ccc(C(F)F)cn2)nn1. The normalized spacial score (nSPS) is 10.9. The van der Waals surface area contributed by atoms with Gasteiger partial charge in [-0.05, 0) is 12.1 Å². The highest BCUT2D eigenvalue weighted by Gasteiger charge is 2.08. The van der Waals surface area contributed by atoms with Crippen molar-refractivity contribution in [2.45, 2.75) is 6.43 Å². The monoisotopic (exact) mass is 210 g/mol. The first-order chi connectivity index (χ1) is 7.16. The average molecular weight is 210 g/mol. The molecule has 2 rings (SSSR count). The van der Waals surface area contributed by atoms with Crippen LogP contribution < -0.4 is 0 Å². The first-order valence-corrected chi connectivity index (χ1v) is 4.27. The van der Waals surface area contributed by atoms with Crippen molar-refractivity contribution in [3.63, 3.8) is 0 Å². The lowest BCUT2D eigenvalue weighted by atomic mass is 10.2. The fourth-order valence-electron chi connectivity index (χ4n) is 1.15. The molecule has 0 amide bonds. The number of hydrogen-bond donors (Lipinski definition) is 0. The van der Waals surface area contributed by atoms with Crippen LogP contribution in [0.25, 0.3) is 11.4 Å². The van der Waals surface area contributed by atoms with Gasteiger partial charge in [0.2, 0.25) is 0 Å². The van der Waals surface area contributed by atoms with Gasteiger partial charge in [-0.2, -0.15) is 0 Å². The van der Waals surface area contributed by atoms with E-state index >= 15 is 0 Å². The third kappa shape index (κ3) is 1.98. The van der Waals surface area contributed by atoms with E-state index in [1.165, 1.54) is 16.8 Å². The summed E-state index contributed by atoms with van der Waals surface area (Å²) in [6.45, 7) is 0. The summed E-state index contributed by atoms with van der Waals surface area (Å²) >= 11 is 0. The highest BCUT2D eigenvalue weighted by Crippen LogP contribution is 2.20. The number of rotatable bonds is 2. The number of aromatic nitrogens is 4. The molecule has 0 spiro atoms. The van der Waals surface area contributed by atoms with Crippen LogP contribution in [0.4, 0.5) is 8.78 Å². The van der Waals surface area contributed by atoms with Gasteiger partial charge >= 0.3 is 0 Å². The molecule has 0 fully saturated rings. The lowest BCUT2D eigenvalue weighted by molar-refractivity contribution is 0.151. The van der Waals surface area contributed by atoms with Crippen LogP contribution in [0.15, 0.2) is 24.5 Å². The zero-order valence-electron chi connectivity index (χ0n) is 7.93. The zero-order valence-corrected chi connectivity index (χ0v) is 7.93. The Hall–Kier alpha value is -1.85. The third-order valence-electron chi connectivity index (χ3n) is 1.90. The molecule has 0 aromatic carbocycles. The topological polar surface area (TPSA) is 43.6 Å². The lowest BCUT2D eigenvalue weighted by Crippen LogP contribution is -1.88. The van der Waals surface area contributed by atoms with E-state index in [1.54, 1.807) is 13.2 Å². The molecule has 15 heavy (non-hydrogen) atoms. The molecule has 0 unspecified atom stereocenters. The molecule has 0 radical (unpaired) electrons. The van der Waals surface area contributed by atoms with Crippen molar-refractivity contribution in [3.05, 3.63) is 30.1 Å². The van der Waals surface area contributed by atoms with Crippen LogP contribution in [0.3, 0.4) is 0 Å². The Kier molecular flexibility index (Phi) is 2.40. The minimum atomic E-state index is -2.49. The second-order valence-electron chi connectivity index (χ2n) is 3.05. The minimum absolute atomic E-state index is 0.0948. The molecule has 0 aliphatic rings. The number of pyridine rings is 1. The molecular weight excluding hydrogens is 202 g/mol. The standard InChI is InChI=1S/C9H8F2N4/c1-15-5-8(13-14-15)7-3-2-6(4-12-7)9(10)11/h2-5,9H,1H3. The fourth-order valence-corrected chi connectivity index (χ4v) is 1.15. The van der Waals surface area contributed by atoms with Crippen LogP contribution in [0.2, 0.25) is 0 Å². The van der Waals surface area contributed by atoms with E-state index < -0.39 is 6.43 Å². The Balaban J connectivity index is 2.31. The molecule has 0 saturated carbocycles. The summed E-state index contributed by atoms with van der Waals surface area (Å²) in [4.78, 5) is 3.89. The van der Waals surface area contributed by atoms with Gasteiger partial charge in [-0.25, -0.2) is 8.78 Å². The maximum Gasteiger partial charge on any atom is 0.265 e. The lowest BCUT2D eigenvalue weighted by Gasteiger charge is -1.99. The van der Waals surface area contributed by atoms with Gasteiger partial charge < -0.3 is 0 Å². The van der Waals surface area contributed by atoms with Crippen molar-refractivity contribution >= 4 is 0 Å². The fraction of sp³-hybridized carbons (Fsp3) is 0.222. The number of aryl methyl sites for hydroxylation is 1. The van der Waals surface area contributed by atoms with Gasteiger partial charge in [-0.3, -0.25) is 9.67 Å². The molecule has 6 heteroatoms. The van der Waals surface area contributed by atoms with Gasteiger partial charge in [-0.1, -0.05) is 5.21 Å². The van der Waals surface area contributed by atoms with Gasteiger partial charge in [0.25, 0.3) is 6.43 Å². The molecule has 0 bridgehead atoms. The van der Waals surface area contributed by atoms with Crippen molar-refractivity contribution in [2.75, 3.05) is 0 Å².